The summed E-state index contributed by atoms with van der Waals surface area (Å²) in [7, 11) is 0. The first kappa shape index (κ1) is 19.7. The number of alkyl halides is 3. The van der Waals surface area contributed by atoms with Crippen molar-refractivity contribution in [1.82, 2.24) is 15.3 Å². The van der Waals surface area contributed by atoms with Gasteiger partial charge in [0.05, 0.1) is 11.6 Å². The Bertz CT molecular complexity index is 875. The summed E-state index contributed by atoms with van der Waals surface area (Å²) in [5, 5.41) is 4.15. The van der Waals surface area contributed by atoms with E-state index in [1.807, 2.05) is 0 Å². The van der Waals surface area contributed by atoms with E-state index in [0.29, 0.717) is 22.3 Å². The molecule has 0 aliphatic carbocycles. The molecule has 142 valence electrons. The van der Waals surface area contributed by atoms with Crippen molar-refractivity contribution in [2.45, 2.75) is 25.2 Å². The van der Waals surface area contributed by atoms with Crippen molar-refractivity contribution in [2.75, 3.05) is 0 Å². The Labute approximate surface area is 164 Å². The minimum absolute atomic E-state index is 0.0371. The first-order valence-corrected chi connectivity index (χ1v) is 8.91. The van der Waals surface area contributed by atoms with E-state index in [2.05, 4.69) is 15.3 Å². The van der Waals surface area contributed by atoms with E-state index < -0.39 is 11.7 Å². The van der Waals surface area contributed by atoms with E-state index in [-0.39, 0.29) is 18.2 Å². The molecule has 1 unspecified atom stereocenters. The van der Waals surface area contributed by atoms with Gasteiger partial charge in [-0.25, -0.2) is 4.98 Å². The van der Waals surface area contributed by atoms with Crippen LogP contribution in [0.25, 0.3) is 0 Å². The lowest BCUT2D eigenvalue weighted by molar-refractivity contribution is -0.138. The maximum absolute atomic E-state index is 13.2. The molecule has 0 fully saturated rings. The molecule has 0 bridgehead atoms. The predicted molar refractivity (Wildman–Crippen MR) is 99.8 cm³/mol. The lowest BCUT2D eigenvalue weighted by Gasteiger charge is -2.19. The zero-order chi connectivity index (χ0) is 19.4. The Morgan fingerprint density at radius 1 is 1.07 bits per heavy atom. The predicted octanol–water partition coefficient (Wildman–Crippen LogP) is 5.81. The molecule has 1 aromatic heterocycles. The second-order valence-electron chi connectivity index (χ2n) is 6.04. The zero-order valence-electron chi connectivity index (χ0n) is 14.0. The van der Waals surface area contributed by atoms with Gasteiger partial charge in [-0.3, -0.25) is 0 Å². The Balaban J connectivity index is 1.82. The van der Waals surface area contributed by atoms with Crippen LogP contribution >= 0.6 is 23.2 Å². The molecular formula is C19H16Cl2F3N3. The molecule has 2 N–H and O–H groups in total. The number of benzene rings is 2. The largest absolute Gasteiger partial charge is 0.416 e. The minimum atomic E-state index is -4.40. The summed E-state index contributed by atoms with van der Waals surface area (Å²) in [6, 6.07) is 10.3. The van der Waals surface area contributed by atoms with Crippen LogP contribution in [0.15, 0.2) is 54.9 Å². The number of aromatic nitrogens is 2. The van der Waals surface area contributed by atoms with E-state index in [9.17, 15) is 13.2 Å². The fraction of sp³-hybridized carbons (Fsp3) is 0.211. The van der Waals surface area contributed by atoms with E-state index >= 15 is 0 Å². The van der Waals surface area contributed by atoms with Gasteiger partial charge in [-0.1, -0.05) is 41.4 Å². The SMILES string of the molecule is FC(F)(F)c1ccccc1CNC(Cc1cc(Cl)cc(Cl)c1)c1ncc[nH]1. The molecule has 0 radical (unpaired) electrons. The van der Waals surface area contributed by atoms with Crippen molar-refractivity contribution in [2.24, 2.45) is 0 Å². The van der Waals surface area contributed by atoms with Crippen molar-refractivity contribution in [1.29, 1.82) is 0 Å². The summed E-state index contributed by atoms with van der Waals surface area (Å²) in [4.78, 5) is 7.24. The smallest absolute Gasteiger partial charge is 0.347 e. The van der Waals surface area contributed by atoms with Crippen LogP contribution in [0.1, 0.15) is 28.6 Å². The van der Waals surface area contributed by atoms with Gasteiger partial charge < -0.3 is 10.3 Å². The summed E-state index contributed by atoms with van der Waals surface area (Å²) in [5.41, 5.74) is 0.373. The molecule has 0 spiro atoms. The second kappa shape index (κ2) is 8.33. The van der Waals surface area contributed by atoms with Crippen molar-refractivity contribution in [3.8, 4) is 0 Å². The van der Waals surface area contributed by atoms with Gasteiger partial charge in [0, 0.05) is 29.0 Å². The average molecular weight is 414 g/mol. The van der Waals surface area contributed by atoms with Gasteiger partial charge in [0.15, 0.2) is 0 Å². The second-order valence-corrected chi connectivity index (χ2v) is 6.92. The number of hydrogen-bond donors (Lipinski definition) is 2. The maximum atomic E-state index is 13.2. The highest BCUT2D eigenvalue weighted by atomic mass is 35.5. The van der Waals surface area contributed by atoms with Gasteiger partial charge in [0.2, 0.25) is 0 Å². The molecule has 0 amide bonds. The minimum Gasteiger partial charge on any atom is -0.347 e. The van der Waals surface area contributed by atoms with Crippen LogP contribution < -0.4 is 5.32 Å². The van der Waals surface area contributed by atoms with E-state index in [1.54, 1.807) is 36.7 Å². The number of hydrogen-bond acceptors (Lipinski definition) is 2. The topological polar surface area (TPSA) is 40.7 Å². The van der Waals surface area contributed by atoms with Gasteiger partial charge in [0.25, 0.3) is 0 Å². The van der Waals surface area contributed by atoms with Crippen LogP contribution in [0.2, 0.25) is 10.0 Å². The Kier molecular flexibility index (Phi) is 6.09. The number of rotatable bonds is 6. The Hall–Kier alpha value is -2.02. The third-order valence-corrected chi connectivity index (χ3v) is 4.51. The van der Waals surface area contributed by atoms with Crippen LogP contribution in [0, 0.1) is 0 Å². The first-order chi connectivity index (χ1) is 12.8. The number of aromatic amines is 1. The lowest BCUT2D eigenvalue weighted by Crippen LogP contribution is -2.25. The number of halogens is 5. The van der Waals surface area contributed by atoms with E-state index in [4.69, 9.17) is 23.2 Å². The number of nitrogens with zero attached hydrogens (tertiary/aromatic N) is 1. The van der Waals surface area contributed by atoms with Gasteiger partial charge in [0.1, 0.15) is 5.82 Å². The quantitative estimate of drug-likeness (QED) is 0.535. The molecule has 0 saturated carbocycles. The van der Waals surface area contributed by atoms with Crippen molar-refractivity contribution < 1.29 is 13.2 Å². The van der Waals surface area contributed by atoms with Gasteiger partial charge >= 0.3 is 6.18 Å². The molecule has 0 saturated heterocycles. The van der Waals surface area contributed by atoms with Crippen LogP contribution in [0.4, 0.5) is 13.2 Å². The molecule has 1 atom stereocenters. The lowest BCUT2D eigenvalue weighted by atomic mass is 10.0. The van der Waals surface area contributed by atoms with Crippen LogP contribution in [-0.4, -0.2) is 9.97 Å². The van der Waals surface area contributed by atoms with E-state index in [1.165, 1.54) is 12.1 Å². The average Bonchev–Trinajstić information content (AvgIpc) is 3.11. The van der Waals surface area contributed by atoms with Gasteiger partial charge in [-0.05, 0) is 41.8 Å². The summed E-state index contributed by atoms with van der Waals surface area (Å²) >= 11 is 12.1. The number of nitrogens with one attached hydrogen (secondary N) is 2. The molecular weight excluding hydrogens is 398 g/mol. The highest BCUT2D eigenvalue weighted by Gasteiger charge is 2.33. The zero-order valence-corrected chi connectivity index (χ0v) is 15.5. The molecule has 3 aromatic rings. The fourth-order valence-corrected chi connectivity index (χ4v) is 3.45. The van der Waals surface area contributed by atoms with Gasteiger partial charge in [-0.15, -0.1) is 0 Å². The highest BCUT2D eigenvalue weighted by molar-refractivity contribution is 6.34. The monoisotopic (exact) mass is 413 g/mol. The number of H-pyrrole nitrogens is 1. The summed E-state index contributed by atoms with van der Waals surface area (Å²) in [6.45, 7) is 0.0371. The van der Waals surface area contributed by atoms with E-state index in [0.717, 1.165) is 11.6 Å². The Morgan fingerprint density at radius 3 is 2.41 bits per heavy atom. The fourth-order valence-electron chi connectivity index (χ4n) is 2.88. The molecule has 1 heterocycles. The summed E-state index contributed by atoms with van der Waals surface area (Å²) in [5.74, 6) is 0.621. The van der Waals surface area contributed by atoms with Crippen LogP contribution in [0.5, 0.6) is 0 Å². The third-order valence-electron chi connectivity index (χ3n) is 4.07. The standard InChI is InChI=1S/C19H16Cl2F3N3/c20-14-7-12(8-15(21)10-14)9-17(18-25-5-6-26-18)27-11-13-3-1-2-4-16(13)19(22,23)24/h1-8,10,17,27H,9,11H2,(H,25,26). The molecule has 3 nitrogen and oxygen atoms in total. The maximum Gasteiger partial charge on any atom is 0.416 e. The van der Waals surface area contributed by atoms with Crippen LogP contribution in [-0.2, 0) is 19.1 Å². The van der Waals surface area contributed by atoms with Crippen molar-refractivity contribution >= 4 is 23.2 Å². The Morgan fingerprint density at radius 2 is 1.78 bits per heavy atom. The number of imidazole rings is 1. The van der Waals surface area contributed by atoms with Crippen molar-refractivity contribution in [3.63, 3.8) is 0 Å². The molecule has 27 heavy (non-hydrogen) atoms. The summed E-state index contributed by atoms with van der Waals surface area (Å²) < 4.78 is 39.6. The summed E-state index contributed by atoms with van der Waals surface area (Å²) in [6.07, 6.45) is -0.682. The molecule has 2 aromatic carbocycles. The first-order valence-electron chi connectivity index (χ1n) is 8.15. The molecule has 0 aliphatic rings. The molecule has 3 rings (SSSR count). The molecule has 8 heteroatoms. The third kappa shape index (κ3) is 5.25. The van der Waals surface area contributed by atoms with Crippen LogP contribution in [0.3, 0.4) is 0 Å². The molecule has 0 aliphatic heterocycles. The van der Waals surface area contributed by atoms with Gasteiger partial charge in [-0.2, -0.15) is 13.2 Å². The highest BCUT2D eigenvalue weighted by Crippen LogP contribution is 2.32. The normalized spacial score (nSPS) is 12.9. The van der Waals surface area contributed by atoms with Crippen molar-refractivity contribution in [3.05, 3.63) is 87.4 Å².